The minimum Gasteiger partial charge on any atom is -0.338 e. The van der Waals surface area contributed by atoms with E-state index in [0.717, 1.165) is 6.42 Å². The molecule has 2 unspecified atom stereocenters. The third kappa shape index (κ3) is 1.42. The van der Waals surface area contributed by atoms with E-state index < -0.39 is 0 Å². The van der Waals surface area contributed by atoms with Crippen LogP contribution in [-0.2, 0) is 11.8 Å². The van der Waals surface area contributed by atoms with E-state index in [2.05, 4.69) is 81.1 Å². The van der Waals surface area contributed by atoms with Gasteiger partial charge in [-0.15, -0.1) is 0 Å². The first-order valence-corrected chi connectivity index (χ1v) is 7.93. The molecule has 0 saturated carbocycles. The fourth-order valence-corrected chi connectivity index (χ4v) is 4.53. The summed E-state index contributed by atoms with van der Waals surface area (Å²) in [7, 11) is 0. The lowest BCUT2D eigenvalue weighted by atomic mass is 9.53. The van der Waals surface area contributed by atoms with Gasteiger partial charge in [-0.2, -0.15) is 0 Å². The van der Waals surface area contributed by atoms with Crippen molar-refractivity contribution < 1.29 is 0 Å². The van der Waals surface area contributed by atoms with Crippen molar-refractivity contribution in [2.24, 2.45) is 5.41 Å². The maximum absolute atomic E-state index is 2.57. The van der Waals surface area contributed by atoms with Crippen molar-refractivity contribution in [2.75, 3.05) is 4.90 Å². The van der Waals surface area contributed by atoms with Gasteiger partial charge in [-0.1, -0.05) is 57.2 Å². The van der Waals surface area contributed by atoms with Gasteiger partial charge in [0.05, 0.1) is 0 Å². The molecule has 0 spiro atoms. The summed E-state index contributed by atoms with van der Waals surface area (Å²) in [6, 6.07) is 18.4. The topological polar surface area (TPSA) is 3.24 Å². The number of hydrogen-bond donors (Lipinski definition) is 0. The van der Waals surface area contributed by atoms with E-state index in [1.165, 1.54) is 22.5 Å². The van der Waals surface area contributed by atoms with Gasteiger partial charge in [-0.3, -0.25) is 0 Å². The number of rotatable bonds is 0. The second-order valence-electron chi connectivity index (χ2n) is 7.41. The molecule has 0 N–H and O–H groups in total. The molecule has 2 heterocycles. The Balaban J connectivity index is 2.08. The molecular formula is C20H23N. The summed E-state index contributed by atoms with van der Waals surface area (Å²) < 4.78 is 0. The van der Waals surface area contributed by atoms with Crippen LogP contribution in [0.15, 0.2) is 48.5 Å². The molecule has 0 saturated heterocycles. The van der Waals surface area contributed by atoms with Crippen LogP contribution in [0.25, 0.3) is 0 Å². The lowest BCUT2D eigenvalue weighted by Gasteiger charge is -2.60. The Labute approximate surface area is 127 Å². The van der Waals surface area contributed by atoms with E-state index in [1.807, 2.05) is 0 Å². The third-order valence-corrected chi connectivity index (χ3v) is 6.38. The Kier molecular flexibility index (Phi) is 2.41. The number of anilines is 2. The predicted molar refractivity (Wildman–Crippen MR) is 89.3 cm³/mol. The molecular weight excluding hydrogens is 254 g/mol. The maximum atomic E-state index is 2.57. The SMILES string of the molecule is CC1N2c3ccccc3CC1(C)C(C)(C)c1ccccc12. The van der Waals surface area contributed by atoms with Gasteiger partial charge < -0.3 is 4.90 Å². The Bertz CT molecular complexity index is 715. The van der Waals surface area contributed by atoms with Crippen molar-refractivity contribution in [3.05, 3.63) is 59.7 Å². The van der Waals surface area contributed by atoms with Crippen LogP contribution in [0.1, 0.15) is 38.8 Å². The van der Waals surface area contributed by atoms with Gasteiger partial charge in [0.25, 0.3) is 0 Å². The molecule has 0 fully saturated rings. The zero-order valence-corrected chi connectivity index (χ0v) is 13.4. The Morgan fingerprint density at radius 3 is 2.29 bits per heavy atom. The molecule has 2 atom stereocenters. The molecule has 2 bridgehead atoms. The van der Waals surface area contributed by atoms with Gasteiger partial charge in [0, 0.05) is 22.8 Å². The fraction of sp³-hybridized carbons (Fsp3) is 0.400. The molecule has 0 aromatic heterocycles. The number of para-hydroxylation sites is 2. The summed E-state index contributed by atoms with van der Waals surface area (Å²) in [4.78, 5) is 2.57. The molecule has 2 aromatic rings. The molecule has 4 rings (SSSR count). The molecule has 108 valence electrons. The maximum Gasteiger partial charge on any atom is 0.0451 e. The van der Waals surface area contributed by atoms with Gasteiger partial charge in [-0.25, -0.2) is 0 Å². The summed E-state index contributed by atoms with van der Waals surface area (Å²) in [6.07, 6.45) is 1.15. The van der Waals surface area contributed by atoms with Crippen molar-refractivity contribution in [1.82, 2.24) is 0 Å². The van der Waals surface area contributed by atoms with E-state index in [1.54, 1.807) is 0 Å². The smallest absolute Gasteiger partial charge is 0.0451 e. The van der Waals surface area contributed by atoms with Crippen LogP contribution in [-0.4, -0.2) is 6.04 Å². The second-order valence-corrected chi connectivity index (χ2v) is 7.41. The average Bonchev–Trinajstić information content (AvgIpc) is 2.47. The second kappa shape index (κ2) is 3.91. The predicted octanol–water partition coefficient (Wildman–Crippen LogP) is 5.07. The minimum absolute atomic E-state index is 0.174. The molecule has 2 aliphatic rings. The Morgan fingerprint density at radius 2 is 1.52 bits per heavy atom. The zero-order valence-electron chi connectivity index (χ0n) is 13.4. The van der Waals surface area contributed by atoms with Crippen LogP contribution in [0.4, 0.5) is 11.4 Å². The lowest BCUT2D eigenvalue weighted by Crippen LogP contribution is -2.60. The highest BCUT2D eigenvalue weighted by Gasteiger charge is 2.55. The molecule has 0 aliphatic carbocycles. The quantitative estimate of drug-likeness (QED) is 0.650. The van der Waals surface area contributed by atoms with Gasteiger partial charge in [0.2, 0.25) is 0 Å². The van der Waals surface area contributed by atoms with E-state index >= 15 is 0 Å². The molecule has 1 nitrogen and oxygen atoms in total. The highest BCUT2D eigenvalue weighted by Crippen LogP contribution is 2.59. The van der Waals surface area contributed by atoms with Crippen LogP contribution in [0.2, 0.25) is 0 Å². The molecule has 0 radical (unpaired) electrons. The number of fused-ring (bicyclic) bond motifs is 6. The number of hydrogen-bond acceptors (Lipinski definition) is 1. The largest absolute Gasteiger partial charge is 0.338 e. The molecule has 2 aromatic carbocycles. The molecule has 0 amide bonds. The van der Waals surface area contributed by atoms with E-state index in [9.17, 15) is 0 Å². The first-order chi connectivity index (χ1) is 9.97. The molecule has 2 aliphatic heterocycles. The van der Waals surface area contributed by atoms with E-state index in [0.29, 0.717) is 6.04 Å². The van der Waals surface area contributed by atoms with Crippen molar-refractivity contribution in [1.29, 1.82) is 0 Å². The Morgan fingerprint density at radius 1 is 0.905 bits per heavy atom. The summed E-state index contributed by atoms with van der Waals surface area (Å²) in [5.74, 6) is 0. The van der Waals surface area contributed by atoms with Crippen molar-refractivity contribution in [2.45, 2.75) is 45.6 Å². The van der Waals surface area contributed by atoms with Crippen LogP contribution < -0.4 is 4.90 Å². The highest BCUT2D eigenvalue weighted by molar-refractivity contribution is 5.75. The van der Waals surface area contributed by atoms with Crippen molar-refractivity contribution in [3.63, 3.8) is 0 Å². The van der Waals surface area contributed by atoms with Crippen LogP contribution in [0.5, 0.6) is 0 Å². The first kappa shape index (κ1) is 12.9. The van der Waals surface area contributed by atoms with Gasteiger partial charge in [-0.05, 0) is 42.0 Å². The summed E-state index contributed by atoms with van der Waals surface area (Å²) in [5.41, 5.74) is 6.17. The normalized spacial score (nSPS) is 28.8. The fourth-order valence-electron chi connectivity index (χ4n) is 4.53. The van der Waals surface area contributed by atoms with Gasteiger partial charge in [0.1, 0.15) is 0 Å². The number of nitrogens with zero attached hydrogens (tertiary/aromatic N) is 1. The Hall–Kier alpha value is -1.76. The van der Waals surface area contributed by atoms with Gasteiger partial charge >= 0.3 is 0 Å². The van der Waals surface area contributed by atoms with Gasteiger partial charge in [0.15, 0.2) is 0 Å². The van der Waals surface area contributed by atoms with E-state index in [-0.39, 0.29) is 10.8 Å². The summed E-state index contributed by atoms with van der Waals surface area (Å²) >= 11 is 0. The first-order valence-electron chi connectivity index (χ1n) is 7.93. The van der Waals surface area contributed by atoms with Crippen LogP contribution >= 0.6 is 0 Å². The number of benzene rings is 2. The summed E-state index contributed by atoms with van der Waals surface area (Å²) in [6.45, 7) is 9.71. The monoisotopic (exact) mass is 277 g/mol. The van der Waals surface area contributed by atoms with E-state index in [4.69, 9.17) is 0 Å². The average molecular weight is 277 g/mol. The standard InChI is InChI=1S/C20H23N/c1-14-20(4)13-15-9-5-7-11-17(15)21(14)18-12-8-6-10-16(18)19(20,2)3/h5-12,14H,13H2,1-4H3. The van der Waals surface area contributed by atoms with Crippen molar-refractivity contribution >= 4 is 11.4 Å². The molecule has 1 heteroatoms. The zero-order chi connectivity index (χ0) is 14.8. The lowest BCUT2D eigenvalue weighted by molar-refractivity contribution is 0.116. The van der Waals surface area contributed by atoms with Crippen LogP contribution in [0, 0.1) is 5.41 Å². The third-order valence-electron chi connectivity index (χ3n) is 6.38. The van der Waals surface area contributed by atoms with Crippen LogP contribution in [0.3, 0.4) is 0 Å². The minimum atomic E-state index is 0.174. The van der Waals surface area contributed by atoms with Crippen molar-refractivity contribution in [3.8, 4) is 0 Å². The highest BCUT2D eigenvalue weighted by atomic mass is 15.2. The summed E-state index contributed by atoms with van der Waals surface area (Å²) in [5, 5.41) is 0. The molecule has 21 heavy (non-hydrogen) atoms.